The van der Waals surface area contributed by atoms with Gasteiger partial charge in [-0.25, -0.2) is 0 Å². The molecule has 1 saturated heterocycles. The lowest BCUT2D eigenvalue weighted by Crippen LogP contribution is -2.23. The third-order valence-corrected chi connectivity index (χ3v) is 7.15. The molecule has 2 aromatic carbocycles. The lowest BCUT2D eigenvalue weighted by Gasteiger charge is -2.20. The van der Waals surface area contributed by atoms with Crippen LogP contribution in [-0.4, -0.2) is 53.6 Å². The normalized spacial score (nSPS) is 15.7. The summed E-state index contributed by atoms with van der Waals surface area (Å²) in [6, 6.07) is 14.5. The van der Waals surface area contributed by atoms with Crippen molar-refractivity contribution in [3.05, 3.63) is 65.0 Å². The zero-order chi connectivity index (χ0) is 23.9. The Bertz CT molecular complexity index is 1080. The van der Waals surface area contributed by atoms with Crippen LogP contribution >= 0.6 is 11.8 Å². The van der Waals surface area contributed by atoms with Crippen molar-refractivity contribution in [3.8, 4) is 11.5 Å². The van der Waals surface area contributed by atoms with Crippen LogP contribution in [0.1, 0.15) is 35.4 Å². The van der Waals surface area contributed by atoms with Crippen molar-refractivity contribution in [2.45, 2.75) is 56.4 Å². The van der Waals surface area contributed by atoms with E-state index in [9.17, 15) is 0 Å². The molecule has 34 heavy (non-hydrogen) atoms. The molecule has 1 unspecified atom stereocenters. The lowest BCUT2D eigenvalue weighted by molar-refractivity contribution is 0.0934. The maximum atomic E-state index is 5.94. The Kier molecular flexibility index (Phi) is 8.48. The summed E-state index contributed by atoms with van der Waals surface area (Å²) in [4.78, 5) is 2.24. The summed E-state index contributed by atoms with van der Waals surface area (Å²) in [5.41, 5.74) is 3.78. The number of nitrogens with zero attached hydrogens (tertiary/aromatic N) is 4. The number of methoxy groups -OCH3 is 2. The fourth-order valence-electron chi connectivity index (χ4n) is 4.22. The van der Waals surface area contributed by atoms with Crippen molar-refractivity contribution in [3.63, 3.8) is 0 Å². The van der Waals surface area contributed by atoms with Crippen molar-refractivity contribution >= 4 is 11.8 Å². The molecule has 1 fully saturated rings. The van der Waals surface area contributed by atoms with Crippen LogP contribution in [0.5, 0.6) is 11.5 Å². The average Bonchev–Trinajstić information content (AvgIpc) is 3.49. The highest BCUT2D eigenvalue weighted by Crippen LogP contribution is 2.29. The van der Waals surface area contributed by atoms with Gasteiger partial charge in [0, 0.05) is 18.9 Å². The van der Waals surface area contributed by atoms with Crippen LogP contribution in [0.25, 0.3) is 0 Å². The molecule has 0 aliphatic carbocycles. The molecule has 4 rings (SSSR count). The lowest BCUT2D eigenvalue weighted by atomic mass is 10.1. The Morgan fingerprint density at radius 1 is 1.09 bits per heavy atom. The summed E-state index contributed by atoms with van der Waals surface area (Å²) >= 11 is 1.74. The van der Waals surface area contributed by atoms with E-state index in [4.69, 9.17) is 14.2 Å². The molecule has 182 valence electrons. The van der Waals surface area contributed by atoms with Gasteiger partial charge in [0.15, 0.2) is 16.7 Å². The van der Waals surface area contributed by atoms with Gasteiger partial charge in [-0.2, -0.15) is 0 Å². The Morgan fingerprint density at radius 2 is 1.91 bits per heavy atom. The molecule has 0 bridgehead atoms. The fraction of sp³-hybridized carbons (Fsp3) is 0.462. The van der Waals surface area contributed by atoms with Crippen molar-refractivity contribution in [1.29, 1.82) is 0 Å². The van der Waals surface area contributed by atoms with Gasteiger partial charge in [-0.3, -0.25) is 4.90 Å². The third-order valence-electron chi connectivity index (χ3n) is 6.13. The van der Waals surface area contributed by atoms with E-state index in [1.54, 1.807) is 26.0 Å². The minimum atomic E-state index is 0.226. The summed E-state index contributed by atoms with van der Waals surface area (Å²) in [5.74, 6) is 3.31. The Labute approximate surface area is 206 Å². The largest absolute Gasteiger partial charge is 0.493 e. The smallest absolute Gasteiger partial charge is 0.191 e. The standard InChI is InChI=1S/C26H34N4O3S/c1-19-8-5-6-9-21(19)18-34-26-28-27-25(30(26)16-22-10-7-13-33-22)17-29(2)15-20-11-12-23(31-3)24(14-20)32-4/h5-6,8-9,11-12,14,22H,7,10,13,15-18H2,1-4H3. The highest BCUT2D eigenvalue weighted by molar-refractivity contribution is 7.98. The molecule has 1 aliphatic heterocycles. The van der Waals surface area contributed by atoms with Crippen LogP contribution in [0, 0.1) is 6.92 Å². The monoisotopic (exact) mass is 482 g/mol. The SMILES string of the molecule is COc1ccc(CN(C)Cc2nnc(SCc3ccccc3C)n2CC2CCCO2)cc1OC. The number of aryl methyl sites for hydroxylation is 1. The zero-order valence-electron chi connectivity index (χ0n) is 20.5. The fourth-order valence-corrected chi connectivity index (χ4v) is 5.26. The van der Waals surface area contributed by atoms with Crippen LogP contribution < -0.4 is 9.47 Å². The van der Waals surface area contributed by atoms with E-state index in [0.29, 0.717) is 6.54 Å². The van der Waals surface area contributed by atoms with Crippen molar-refractivity contribution in [2.24, 2.45) is 0 Å². The second-order valence-corrected chi connectivity index (χ2v) is 9.66. The van der Waals surface area contributed by atoms with E-state index in [1.165, 1.54) is 11.1 Å². The van der Waals surface area contributed by atoms with Gasteiger partial charge in [0.25, 0.3) is 0 Å². The molecular weight excluding hydrogens is 448 g/mol. The van der Waals surface area contributed by atoms with Crippen LogP contribution in [0.2, 0.25) is 0 Å². The summed E-state index contributed by atoms with van der Waals surface area (Å²) in [5, 5.41) is 10.1. The molecule has 0 N–H and O–H groups in total. The summed E-state index contributed by atoms with van der Waals surface area (Å²) in [7, 11) is 5.41. The van der Waals surface area contributed by atoms with Gasteiger partial charge in [0.2, 0.25) is 0 Å². The minimum Gasteiger partial charge on any atom is -0.493 e. The Balaban J connectivity index is 1.48. The van der Waals surface area contributed by atoms with E-state index in [-0.39, 0.29) is 6.10 Å². The molecule has 1 aromatic heterocycles. The van der Waals surface area contributed by atoms with Crippen LogP contribution in [0.4, 0.5) is 0 Å². The summed E-state index contributed by atoms with van der Waals surface area (Å²) in [6.45, 7) is 5.25. The maximum absolute atomic E-state index is 5.94. The quantitative estimate of drug-likeness (QED) is 0.367. The van der Waals surface area contributed by atoms with Gasteiger partial charge >= 0.3 is 0 Å². The van der Waals surface area contributed by atoms with Gasteiger partial charge in [0.1, 0.15) is 5.82 Å². The molecule has 0 saturated carbocycles. The summed E-state index contributed by atoms with van der Waals surface area (Å²) < 4.78 is 19.0. The van der Waals surface area contributed by atoms with E-state index >= 15 is 0 Å². The average molecular weight is 483 g/mol. The number of hydrogen-bond acceptors (Lipinski definition) is 7. The van der Waals surface area contributed by atoms with Crippen molar-refractivity contribution in [2.75, 3.05) is 27.9 Å². The predicted octanol–water partition coefficient (Wildman–Crippen LogP) is 4.71. The topological polar surface area (TPSA) is 61.6 Å². The highest BCUT2D eigenvalue weighted by Gasteiger charge is 2.22. The van der Waals surface area contributed by atoms with Crippen LogP contribution in [0.15, 0.2) is 47.6 Å². The third kappa shape index (κ3) is 6.11. The van der Waals surface area contributed by atoms with Gasteiger partial charge in [0.05, 0.1) is 33.4 Å². The second-order valence-electron chi connectivity index (χ2n) is 8.72. The van der Waals surface area contributed by atoms with Crippen LogP contribution in [-0.2, 0) is 30.1 Å². The van der Waals surface area contributed by atoms with Crippen molar-refractivity contribution < 1.29 is 14.2 Å². The molecule has 7 nitrogen and oxygen atoms in total. The number of thioether (sulfide) groups is 1. The molecule has 0 spiro atoms. The molecule has 8 heteroatoms. The first-order valence-electron chi connectivity index (χ1n) is 11.7. The van der Waals surface area contributed by atoms with E-state index < -0.39 is 0 Å². The number of rotatable bonds is 11. The first kappa shape index (κ1) is 24.6. The number of aromatic nitrogens is 3. The minimum absolute atomic E-state index is 0.226. The van der Waals surface area contributed by atoms with E-state index in [1.807, 2.05) is 12.1 Å². The predicted molar refractivity (Wildman–Crippen MR) is 134 cm³/mol. The van der Waals surface area contributed by atoms with Gasteiger partial charge in [-0.1, -0.05) is 42.1 Å². The number of hydrogen-bond donors (Lipinski definition) is 0. The molecule has 0 radical (unpaired) electrons. The van der Waals surface area contributed by atoms with Gasteiger partial charge in [-0.15, -0.1) is 10.2 Å². The van der Waals surface area contributed by atoms with E-state index in [2.05, 4.69) is 64.0 Å². The molecular formula is C26H34N4O3S. The van der Waals surface area contributed by atoms with Crippen LogP contribution in [0.3, 0.4) is 0 Å². The molecule has 1 atom stereocenters. The second kappa shape index (κ2) is 11.7. The molecule has 3 aromatic rings. The highest BCUT2D eigenvalue weighted by atomic mass is 32.2. The number of benzene rings is 2. The summed E-state index contributed by atoms with van der Waals surface area (Å²) in [6.07, 6.45) is 2.43. The molecule has 1 aliphatic rings. The van der Waals surface area contributed by atoms with Gasteiger partial charge in [-0.05, 0) is 55.6 Å². The molecule has 2 heterocycles. The van der Waals surface area contributed by atoms with E-state index in [0.717, 1.165) is 66.3 Å². The first-order valence-corrected chi connectivity index (χ1v) is 12.7. The Hall–Kier alpha value is -2.55. The molecule has 0 amide bonds. The zero-order valence-corrected chi connectivity index (χ0v) is 21.3. The van der Waals surface area contributed by atoms with Crippen molar-refractivity contribution in [1.82, 2.24) is 19.7 Å². The number of ether oxygens (including phenoxy) is 3. The van der Waals surface area contributed by atoms with Gasteiger partial charge < -0.3 is 18.8 Å². The first-order chi connectivity index (χ1) is 16.6. The maximum Gasteiger partial charge on any atom is 0.191 e. The Morgan fingerprint density at radius 3 is 2.65 bits per heavy atom.